The van der Waals surface area contributed by atoms with E-state index in [2.05, 4.69) is 44.1 Å². The third kappa shape index (κ3) is 2.79. The summed E-state index contributed by atoms with van der Waals surface area (Å²) in [7, 11) is 0. The fraction of sp³-hybridized carbons (Fsp3) is 0.450. The van der Waals surface area contributed by atoms with Gasteiger partial charge < -0.3 is 14.5 Å². The molecule has 5 rings (SSSR count). The highest BCUT2D eigenvalue weighted by Gasteiger charge is 2.32. The first kappa shape index (κ1) is 15.6. The van der Waals surface area contributed by atoms with Crippen molar-refractivity contribution in [3.8, 4) is 0 Å². The lowest BCUT2D eigenvalue weighted by Crippen LogP contribution is -2.38. The molecule has 0 atom stereocenters. The number of aromatic nitrogens is 4. The van der Waals surface area contributed by atoms with Gasteiger partial charge in [0.1, 0.15) is 5.82 Å². The Morgan fingerprint density at radius 3 is 2.96 bits per heavy atom. The normalized spacial score (nSPS) is 16.8. The number of aromatic amines is 1. The Morgan fingerprint density at radius 2 is 2.08 bits per heavy atom. The molecule has 2 aromatic heterocycles. The standard InChI is InChI=1S/C20H23N5O/c26-19(7-3-4-15-12-21-17-6-2-1-5-16(15)17)24-10-11-25-18(13-24)22-23-20(25)14-8-9-14/h1-2,5-6,12,14,21H,3-4,7-11,13H2. The summed E-state index contributed by atoms with van der Waals surface area (Å²) in [5.41, 5.74) is 2.46. The maximum absolute atomic E-state index is 12.6. The number of H-pyrrole nitrogens is 1. The maximum atomic E-state index is 12.6. The summed E-state index contributed by atoms with van der Waals surface area (Å²) >= 11 is 0. The van der Waals surface area contributed by atoms with E-state index in [1.165, 1.54) is 23.8 Å². The van der Waals surface area contributed by atoms with Crippen molar-refractivity contribution in [3.05, 3.63) is 47.7 Å². The molecule has 1 saturated carbocycles. The van der Waals surface area contributed by atoms with E-state index in [9.17, 15) is 4.79 Å². The molecule has 3 heterocycles. The molecular formula is C20H23N5O. The van der Waals surface area contributed by atoms with Gasteiger partial charge in [0.25, 0.3) is 0 Å². The fourth-order valence-corrected chi connectivity index (χ4v) is 3.96. The zero-order chi connectivity index (χ0) is 17.5. The van der Waals surface area contributed by atoms with E-state index in [0.717, 1.165) is 43.1 Å². The number of hydrogen-bond acceptors (Lipinski definition) is 3. The highest BCUT2D eigenvalue weighted by Crippen LogP contribution is 2.39. The molecule has 0 saturated heterocycles. The van der Waals surface area contributed by atoms with Crippen molar-refractivity contribution in [1.29, 1.82) is 0 Å². The first-order valence-corrected chi connectivity index (χ1v) is 9.54. The van der Waals surface area contributed by atoms with Gasteiger partial charge in [0.05, 0.1) is 6.54 Å². The minimum atomic E-state index is 0.229. The Bertz CT molecular complexity index is 952. The van der Waals surface area contributed by atoms with Crippen molar-refractivity contribution >= 4 is 16.8 Å². The molecule has 26 heavy (non-hydrogen) atoms. The Morgan fingerprint density at radius 1 is 1.19 bits per heavy atom. The lowest BCUT2D eigenvalue weighted by atomic mass is 10.1. The Labute approximate surface area is 152 Å². The molecule has 0 unspecified atom stereocenters. The number of para-hydroxylation sites is 1. The minimum Gasteiger partial charge on any atom is -0.361 e. The molecule has 6 nitrogen and oxygen atoms in total. The van der Waals surface area contributed by atoms with Crippen LogP contribution in [0.5, 0.6) is 0 Å². The van der Waals surface area contributed by atoms with Gasteiger partial charge in [0.15, 0.2) is 5.82 Å². The second-order valence-corrected chi connectivity index (χ2v) is 7.43. The molecule has 1 aromatic carbocycles. The van der Waals surface area contributed by atoms with Crippen molar-refractivity contribution in [3.63, 3.8) is 0 Å². The van der Waals surface area contributed by atoms with Crippen LogP contribution in [0.1, 0.15) is 48.8 Å². The molecule has 1 amide bonds. The van der Waals surface area contributed by atoms with Crippen LogP contribution >= 0.6 is 0 Å². The zero-order valence-electron chi connectivity index (χ0n) is 14.8. The van der Waals surface area contributed by atoms with E-state index >= 15 is 0 Å². The zero-order valence-corrected chi connectivity index (χ0v) is 14.8. The minimum absolute atomic E-state index is 0.229. The van der Waals surface area contributed by atoms with Gasteiger partial charge >= 0.3 is 0 Å². The fourth-order valence-electron chi connectivity index (χ4n) is 3.96. The smallest absolute Gasteiger partial charge is 0.223 e. The van der Waals surface area contributed by atoms with E-state index in [4.69, 9.17) is 0 Å². The molecule has 1 fully saturated rings. The van der Waals surface area contributed by atoms with Gasteiger partial charge in [-0.05, 0) is 37.3 Å². The summed E-state index contributed by atoms with van der Waals surface area (Å²) in [6.45, 7) is 2.21. The highest BCUT2D eigenvalue weighted by atomic mass is 16.2. The summed E-state index contributed by atoms with van der Waals surface area (Å²) in [6, 6.07) is 8.32. The molecule has 6 heteroatoms. The van der Waals surface area contributed by atoms with E-state index in [1.807, 2.05) is 11.0 Å². The lowest BCUT2D eigenvalue weighted by molar-refractivity contribution is -0.132. The molecule has 0 spiro atoms. The Balaban J connectivity index is 1.18. The molecular weight excluding hydrogens is 326 g/mol. The van der Waals surface area contributed by atoms with Gasteiger partial charge in [-0.15, -0.1) is 10.2 Å². The number of nitrogens with zero attached hydrogens (tertiary/aromatic N) is 4. The van der Waals surface area contributed by atoms with E-state index < -0.39 is 0 Å². The number of carbonyl (C=O) groups is 1. The highest BCUT2D eigenvalue weighted by molar-refractivity contribution is 5.83. The molecule has 1 aliphatic heterocycles. The number of benzene rings is 1. The predicted molar refractivity (Wildman–Crippen MR) is 98.7 cm³/mol. The second-order valence-electron chi connectivity index (χ2n) is 7.43. The molecule has 0 radical (unpaired) electrons. The topological polar surface area (TPSA) is 66.8 Å². The predicted octanol–water partition coefficient (Wildman–Crippen LogP) is 3.00. The number of rotatable bonds is 5. The second kappa shape index (κ2) is 6.27. The molecule has 1 aliphatic carbocycles. The molecule has 0 bridgehead atoms. The van der Waals surface area contributed by atoms with Gasteiger partial charge in [-0.1, -0.05) is 18.2 Å². The van der Waals surface area contributed by atoms with Crippen LogP contribution in [-0.2, 0) is 24.3 Å². The third-order valence-electron chi connectivity index (χ3n) is 5.59. The van der Waals surface area contributed by atoms with Crippen LogP contribution in [0.25, 0.3) is 10.9 Å². The molecule has 3 aromatic rings. The van der Waals surface area contributed by atoms with Crippen molar-refractivity contribution in [2.75, 3.05) is 6.54 Å². The lowest BCUT2D eigenvalue weighted by Gasteiger charge is -2.28. The van der Waals surface area contributed by atoms with Crippen LogP contribution < -0.4 is 0 Å². The number of carbonyl (C=O) groups excluding carboxylic acids is 1. The number of aryl methyl sites for hydroxylation is 1. The first-order valence-electron chi connectivity index (χ1n) is 9.54. The van der Waals surface area contributed by atoms with Crippen molar-refractivity contribution in [2.45, 2.75) is 51.1 Å². The summed E-state index contributed by atoms with van der Waals surface area (Å²) in [5.74, 6) is 2.91. The average molecular weight is 349 g/mol. The van der Waals surface area contributed by atoms with Crippen LogP contribution in [-0.4, -0.2) is 37.1 Å². The molecule has 134 valence electrons. The first-order chi connectivity index (χ1) is 12.8. The van der Waals surface area contributed by atoms with Crippen LogP contribution in [0.15, 0.2) is 30.5 Å². The van der Waals surface area contributed by atoms with Crippen molar-refractivity contribution in [2.24, 2.45) is 0 Å². The van der Waals surface area contributed by atoms with Crippen LogP contribution in [0.2, 0.25) is 0 Å². The van der Waals surface area contributed by atoms with Gasteiger partial charge in [-0.3, -0.25) is 4.79 Å². The summed E-state index contributed by atoms with van der Waals surface area (Å²) < 4.78 is 2.23. The summed E-state index contributed by atoms with van der Waals surface area (Å²) in [6.07, 6.45) is 6.91. The Kier molecular flexibility index (Phi) is 3.76. The number of hydrogen-bond donors (Lipinski definition) is 1. The van der Waals surface area contributed by atoms with Gasteiger partial charge in [-0.2, -0.15) is 0 Å². The van der Waals surface area contributed by atoms with Crippen molar-refractivity contribution in [1.82, 2.24) is 24.6 Å². The van der Waals surface area contributed by atoms with Gasteiger partial charge in [-0.25, -0.2) is 0 Å². The van der Waals surface area contributed by atoms with E-state index in [0.29, 0.717) is 18.9 Å². The summed E-state index contributed by atoms with van der Waals surface area (Å²) in [4.78, 5) is 17.9. The van der Waals surface area contributed by atoms with E-state index in [-0.39, 0.29) is 5.91 Å². The van der Waals surface area contributed by atoms with Crippen molar-refractivity contribution < 1.29 is 4.79 Å². The molecule has 1 N–H and O–H groups in total. The number of fused-ring (bicyclic) bond motifs is 2. The Hall–Kier alpha value is -2.63. The van der Waals surface area contributed by atoms with Crippen LogP contribution in [0, 0.1) is 0 Å². The largest absolute Gasteiger partial charge is 0.361 e. The summed E-state index contributed by atoms with van der Waals surface area (Å²) in [5, 5.41) is 9.93. The average Bonchev–Trinajstić information content (AvgIpc) is 3.30. The SMILES string of the molecule is O=C(CCCc1c[nH]c2ccccc12)N1CCn2c(nnc2C2CC2)C1. The van der Waals surface area contributed by atoms with Gasteiger partial charge in [0.2, 0.25) is 5.91 Å². The molecule has 2 aliphatic rings. The van der Waals surface area contributed by atoms with Crippen LogP contribution in [0.3, 0.4) is 0 Å². The quantitative estimate of drug-likeness (QED) is 0.770. The third-order valence-corrected chi connectivity index (χ3v) is 5.59. The van der Waals surface area contributed by atoms with Crippen LogP contribution in [0.4, 0.5) is 0 Å². The monoisotopic (exact) mass is 349 g/mol. The number of amides is 1. The van der Waals surface area contributed by atoms with Gasteiger partial charge in [0, 0.05) is 42.5 Å². The number of nitrogens with one attached hydrogen (secondary N) is 1. The maximum Gasteiger partial charge on any atom is 0.223 e. The van der Waals surface area contributed by atoms with E-state index in [1.54, 1.807) is 0 Å².